The van der Waals surface area contributed by atoms with Gasteiger partial charge < -0.3 is 13.7 Å². The number of aromatic nitrogens is 1. The van der Waals surface area contributed by atoms with Crippen molar-refractivity contribution in [3.63, 3.8) is 0 Å². The summed E-state index contributed by atoms with van der Waals surface area (Å²) in [4.78, 5) is 17.1. The molecule has 8 heteroatoms. The smallest absolute Gasteiger partial charge is 0.315 e. The van der Waals surface area contributed by atoms with Crippen LogP contribution in [0, 0.1) is 11.6 Å². The van der Waals surface area contributed by atoms with E-state index in [2.05, 4.69) is 11.6 Å². The Balaban J connectivity index is 1.85. The number of furan rings is 1. The van der Waals surface area contributed by atoms with Crippen LogP contribution >= 0.6 is 11.3 Å². The largest absolute Gasteiger partial charge is 0.490 e. The van der Waals surface area contributed by atoms with E-state index >= 15 is 0 Å². The molecule has 0 aliphatic rings. The van der Waals surface area contributed by atoms with Gasteiger partial charge >= 0.3 is 5.91 Å². The molecule has 0 fully saturated rings. The second kappa shape index (κ2) is 7.63. The van der Waals surface area contributed by atoms with Gasteiger partial charge in [-0.1, -0.05) is 29.5 Å². The van der Waals surface area contributed by atoms with Crippen molar-refractivity contribution < 1.29 is 22.7 Å². The van der Waals surface area contributed by atoms with Crippen LogP contribution < -0.4 is 9.54 Å². The number of nitrogens with zero attached hydrogens (tertiary/aromatic N) is 2. The Morgan fingerprint density at radius 3 is 2.93 bits per heavy atom. The van der Waals surface area contributed by atoms with Crippen LogP contribution in [-0.4, -0.2) is 17.1 Å². The van der Waals surface area contributed by atoms with E-state index in [9.17, 15) is 13.6 Å². The second-order valence-electron chi connectivity index (χ2n) is 6.15. The lowest BCUT2D eigenvalue weighted by Crippen LogP contribution is -2.16. The maximum absolute atomic E-state index is 14.3. The SMILES string of the molecule is C=CCn1c(=NC(=O)c2cc3cccc(OCC)c3o2)sc2cc(F)cc(F)c21. The first kappa shape index (κ1) is 19.1. The molecule has 0 spiro atoms. The zero-order chi connectivity index (χ0) is 20.5. The standard InChI is InChI=1S/C21H16F2N2O3S/c1-3-8-25-18-14(23)10-13(22)11-17(18)29-21(25)24-20(26)16-9-12-6-5-7-15(27-4-2)19(12)28-16/h3,5-7,9-11H,1,4,8H2,2H3. The third-order valence-corrected chi connectivity index (χ3v) is 5.25. The summed E-state index contributed by atoms with van der Waals surface area (Å²) in [5, 5.41) is 0.706. The molecule has 5 nitrogen and oxygen atoms in total. The van der Waals surface area contributed by atoms with E-state index in [0.717, 1.165) is 17.4 Å². The molecular weight excluding hydrogens is 398 g/mol. The van der Waals surface area contributed by atoms with E-state index in [0.29, 0.717) is 28.0 Å². The number of amides is 1. The minimum atomic E-state index is -0.725. The van der Waals surface area contributed by atoms with Gasteiger partial charge in [-0.15, -0.1) is 6.58 Å². The molecule has 148 valence electrons. The van der Waals surface area contributed by atoms with Gasteiger partial charge in [0.05, 0.1) is 16.8 Å². The van der Waals surface area contributed by atoms with Crippen molar-refractivity contribution in [1.82, 2.24) is 4.57 Å². The highest BCUT2D eigenvalue weighted by Gasteiger charge is 2.17. The number of hydrogen-bond acceptors (Lipinski definition) is 4. The number of halogens is 2. The van der Waals surface area contributed by atoms with E-state index in [1.165, 1.54) is 10.6 Å². The molecule has 2 aromatic heterocycles. The second-order valence-corrected chi connectivity index (χ2v) is 7.16. The maximum atomic E-state index is 14.3. The van der Waals surface area contributed by atoms with Gasteiger partial charge in [-0.3, -0.25) is 4.79 Å². The predicted molar refractivity (Wildman–Crippen MR) is 107 cm³/mol. The van der Waals surface area contributed by atoms with Crippen molar-refractivity contribution in [2.45, 2.75) is 13.5 Å². The molecule has 4 aromatic rings. The monoisotopic (exact) mass is 414 g/mol. The minimum absolute atomic E-state index is 0.0291. The molecule has 0 atom stereocenters. The predicted octanol–water partition coefficient (Wildman–Crippen LogP) is 5.05. The normalized spacial score (nSPS) is 12.0. The maximum Gasteiger partial charge on any atom is 0.315 e. The number of rotatable bonds is 5. The first-order valence-electron chi connectivity index (χ1n) is 8.85. The summed E-state index contributed by atoms with van der Waals surface area (Å²) in [7, 11) is 0. The van der Waals surface area contributed by atoms with Crippen LogP contribution in [0.1, 0.15) is 17.5 Å². The average Bonchev–Trinajstić information content (AvgIpc) is 3.25. The Hall–Kier alpha value is -3.26. The van der Waals surface area contributed by atoms with Crippen LogP contribution in [-0.2, 0) is 6.54 Å². The van der Waals surface area contributed by atoms with Gasteiger partial charge in [-0.05, 0) is 25.1 Å². The summed E-state index contributed by atoms with van der Waals surface area (Å²) in [5.41, 5.74) is 0.627. The minimum Gasteiger partial charge on any atom is -0.490 e. The van der Waals surface area contributed by atoms with Gasteiger partial charge in [0.2, 0.25) is 0 Å². The van der Waals surface area contributed by atoms with E-state index < -0.39 is 17.5 Å². The van der Waals surface area contributed by atoms with Crippen molar-refractivity contribution in [2.75, 3.05) is 6.61 Å². The van der Waals surface area contributed by atoms with Crippen LogP contribution in [0.3, 0.4) is 0 Å². The third-order valence-electron chi connectivity index (χ3n) is 4.22. The zero-order valence-electron chi connectivity index (χ0n) is 15.4. The van der Waals surface area contributed by atoms with Crippen molar-refractivity contribution >= 4 is 38.4 Å². The number of fused-ring (bicyclic) bond motifs is 2. The van der Waals surface area contributed by atoms with Gasteiger partial charge in [-0.2, -0.15) is 4.99 Å². The lowest BCUT2D eigenvalue weighted by atomic mass is 10.2. The molecule has 0 aliphatic heterocycles. The highest BCUT2D eigenvalue weighted by atomic mass is 32.1. The summed E-state index contributed by atoms with van der Waals surface area (Å²) < 4.78 is 40.9. The van der Waals surface area contributed by atoms with Gasteiger partial charge in [0.25, 0.3) is 0 Å². The lowest BCUT2D eigenvalue weighted by molar-refractivity contribution is 0.0973. The van der Waals surface area contributed by atoms with Crippen molar-refractivity contribution in [3.8, 4) is 5.75 Å². The number of benzene rings is 2. The Morgan fingerprint density at radius 1 is 1.34 bits per heavy atom. The Labute approximate surface area is 168 Å². The van der Waals surface area contributed by atoms with E-state index in [4.69, 9.17) is 9.15 Å². The highest BCUT2D eigenvalue weighted by molar-refractivity contribution is 7.16. The van der Waals surface area contributed by atoms with Gasteiger partial charge in [0, 0.05) is 18.0 Å². The number of hydrogen-bond donors (Lipinski definition) is 0. The first-order chi connectivity index (χ1) is 14.0. The Kier molecular flexibility index (Phi) is 5.02. The number of carbonyl (C=O) groups excluding carboxylic acids is 1. The summed E-state index contributed by atoms with van der Waals surface area (Å²) in [6.07, 6.45) is 1.55. The third kappa shape index (κ3) is 3.47. The van der Waals surface area contributed by atoms with Gasteiger partial charge in [0.1, 0.15) is 5.82 Å². The van der Waals surface area contributed by atoms with Crippen molar-refractivity contribution in [2.24, 2.45) is 4.99 Å². The highest BCUT2D eigenvalue weighted by Crippen LogP contribution is 2.29. The molecule has 4 rings (SSSR count). The Bertz CT molecular complexity index is 1320. The number of ether oxygens (including phenoxy) is 1. The molecule has 2 heterocycles. The topological polar surface area (TPSA) is 56.7 Å². The molecule has 2 aromatic carbocycles. The molecule has 0 N–H and O–H groups in total. The van der Waals surface area contributed by atoms with E-state index in [-0.39, 0.29) is 22.6 Å². The zero-order valence-corrected chi connectivity index (χ0v) is 16.3. The molecule has 0 unspecified atom stereocenters. The first-order valence-corrected chi connectivity index (χ1v) is 9.67. The molecule has 0 radical (unpaired) electrons. The van der Waals surface area contributed by atoms with Crippen molar-refractivity contribution in [1.29, 1.82) is 0 Å². The van der Waals surface area contributed by atoms with Gasteiger partial charge in [0.15, 0.2) is 27.7 Å². The van der Waals surface area contributed by atoms with Crippen LogP contribution in [0.25, 0.3) is 21.2 Å². The lowest BCUT2D eigenvalue weighted by Gasteiger charge is -2.02. The van der Waals surface area contributed by atoms with Crippen LogP contribution in [0.4, 0.5) is 8.78 Å². The number of thiazole rings is 1. The molecule has 0 saturated carbocycles. The molecule has 1 amide bonds. The summed E-state index contributed by atoms with van der Waals surface area (Å²) in [6, 6.07) is 8.94. The summed E-state index contributed by atoms with van der Waals surface area (Å²) >= 11 is 1.01. The number of allylic oxidation sites excluding steroid dienone is 1. The van der Waals surface area contributed by atoms with E-state index in [1.807, 2.05) is 6.92 Å². The molecule has 0 bridgehead atoms. The Morgan fingerprint density at radius 2 is 2.17 bits per heavy atom. The molecule has 0 saturated heterocycles. The average molecular weight is 414 g/mol. The molecular formula is C21H16F2N2O3S. The number of carbonyl (C=O) groups is 1. The number of para-hydroxylation sites is 1. The molecule has 29 heavy (non-hydrogen) atoms. The van der Waals surface area contributed by atoms with Crippen molar-refractivity contribution in [3.05, 3.63) is 71.2 Å². The fourth-order valence-corrected chi connectivity index (χ4v) is 4.14. The fourth-order valence-electron chi connectivity index (χ4n) is 3.07. The van der Waals surface area contributed by atoms with Crippen LogP contribution in [0.2, 0.25) is 0 Å². The van der Waals surface area contributed by atoms with Gasteiger partial charge in [-0.25, -0.2) is 8.78 Å². The quantitative estimate of drug-likeness (QED) is 0.429. The molecule has 0 aliphatic carbocycles. The van der Waals surface area contributed by atoms with E-state index in [1.54, 1.807) is 30.3 Å². The van der Waals surface area contributed by atoms with Crippen LogP contribution in [0.5, 0.6) is 5.75 Å². The summed E-state index contributed by atoms with van der Waals surface area (Å²) in [6.45, 7) is 6.17. The summed E-state index contributed by atoms with van der Waals surface area (Å²) in [5.74, 6) is -1.49. The van der Waals surface area contributed by atoms with Crippen LogP contribution in [0.15, 0.2) is 58.5 Å². The fraction of sp³-hybridized carbons (Fsp3) is 0.143.